The zero-order chi connectivity index (χ0) is 12.1. The first-order valence-electron chi connectivity index (χ1n) is 5.32. The highest BCUT2D eigenvalue weighted by Crippen LogP contribution is 2.20. The van der Waals surface area contributed by atoms with Crippen molar-refractivity contribution in [2.45, 2.75) is 26.3 Å². The van der Waals surface area contributed by atoms with E-state index in [9.17, 15) is 4.79 Å². The van der Waals surface area contributed by atoms with Crippen LogP contribution in [0.3, 0.4) is 0 Å². The van der Waals surface area contributed by atoms with Crippen molar-refractivity contribution in [3.63, 3.8) is 0 Å². The average molecular weight is 241 g/mol. The molecular formula is C12H17ClN2O. The molecule has 4 heteroatoms. The van der Waals surface area contributed by atoms with Gasteiger partial charge >= 0.3 is 0 Å². The predicted octanol–water partition coefficient (Wildman–Crippen LogP) is 2.68. The third-order valence-electron chi connectivity index (χ3n) is 2.37. The third kappa shape index (κ3) is 3.42. The smallest absolute Gasteiger partial charge is 0.222 e. The summed E-state index contributed by atoms with van der Waals surface area (Å²) >= 11 is 6.03. The lowest BCUT2D eigenvalue weighted by atomic mass is 10.2. The van der Waals surface area contributed by atoms with Gasteiger partial charge in [0.1, 0.15) is 0 Å². The molecule has 0 aliphatic carbocycles. The van der Waals surface area contributed by atoms with Gasteiger partial charge < -0.3 is 10.6 Å². The topological polar surface area (TPSA) is 46.3 Å². The summed E-state index contributed by atoms with van der Waals surface area (Å²) in [6.07, 6.45) is 1.42. The second-order valence-corrected chi connectivity index (χ2v) is 4.26. The minimum atomic E-state index is 0.126. The number of hydrogen-bond donors (Lipinski definition) is 1. The quantitative estimate of drug-likeness (QED) is 0.823. The molecule has 0 fully saturated rings. The fraction of sp³-hybridized carbons (Fsp3) is 0.417. The maximum atomic E-state index is 11.6. The van der Waals surface area contributed by atoms with E-state index < -0.39 is 0 Å². The van der Waals surface area contributed by atoms with Gasteiger partial charge in [0.2, 0.25) is 5.91 Å². The van der Waals surface area contributed by atoms with Gasteiger partial charge in [0.25, 0.3) is 0 Å². The first-order valence-corrected chi connectivity index (χ1v) is 5.70. The molecule has 0 spiro atoms. The SMILES string of the molecule is CCCC(=O)N(C)Cc1cc(N)ccc1Cl. The van der Waals surface area contributed by atoms with E-state index in [2.05, 4.69) is 0 Å². The second kappa shape index (κ2) is 5.75. The average Bonchev–Trinajstić information content (AvgIpc) is 2.23. The number of halogens is 1. The largest absolute Gasteiger partial charge is 0.399 e. The number of nitrogen functional groups attached to an aromatic ring is 1. The van der Waals surface area contributed by atoms with Gasteiger partial charge in [-0.15, -0.1) is 0 Å². The van der Waals surface area contributed by atoms with Gasteiger partial charge in [-0.05, 0) is 30.2 Å². The molecule has 16 heavy (non-hydrogen) atoms. The van der Waals surface area contributed by atoms with Crippen molar-refractivity contribution in [3.8, 4) is 0 Å². The van der Waals surface area contributed by atoms with Crippen LogP contribution in [0.4, 0.5) is 5.69 Å². The van der Waals surface area contributed by atoms with Crippen molar-refractivity contribution in [2.75, 3.05) is 12.8 Å². The number of benzene rings is 1. The fourth-order valence-corrected chi connectivity index (χ4v) is 1.64. The highest BCUT2D eigenvalue weighted by Gasteiger charge is 2.10. The molecule has 0 aromatic heterocycles. The molecule has 1 aromatic carbocycles. The number of rotatable bonds is 4. The maximum absolute atomic E-state index is 11.6. The van der Waals surface area contributed by atoms with Crippen molar-refractivity contribution in [2.24, 2.45) is 0 Å². The molecular weight excluding hydrogens is 224 g/mol. The molecule has 3 nitrogen and oxygen atoms in total. The van der Waals surface area contributed by atoms with Crippen molar-refractivity contribution < 1.29 is 4.79 Å². The van der Waals surface area contributed by atoms with Crippen molar-refractivity contribution >= 4 is 23.2 Å². The van der Waals surface area contributed by atoms with Gasteiger partial charge in [0.15, 0.2) is 0 Å². The highest BCUT2D eigenvalue weighted by molar-refractivity contribution is 6.31. The summed E-state index contributed by atoms with van der Waals surface area (Å²) < 4.78 is 0. The van der Waals surface area contributed by atoms with Crippen LogP contribution in [0.2, 0.25) is 5.02 Å². The summed E-state index contributed by atoms with van der Waals surface area (Å²) in [5.74, 6) is 0.126. The summed E-state index contributed by atoms with van der Waals surface area (Å²) in [6.45, 7) is 2.49. The van der Waals surface area contributed by atoms with E-state index >= 15 is 0 Å². The molecule has 1 aromatic rings. The van der Waals surface area contributed by atoms with E-state index in [0.29, 0.717) is 23.7 Å². The van der Waals surface area contributed by atoms with E-state index in [-0.39, 0.29) is 5.91 Å². The lowest BCUT2D eigenvalue weighted by molar-refractivity contribution is -0.130. The number of amides is 1. The van der Waals surface area contributed by atoms with Crippen LogP contribution in [0.15, 0.2) is 18.2 Å². The molecule has 0 atom stereocenters. The Kier molecular flexibility index (Phi) is 4.62. The molecule has 0 aliphatic rings. The van der Waals surface area contributed by atoms with Gasteiger partial charge in [-0.3, -0.25) is 4.79 Å². The minimum Gasteiger partial charge on any atom is -0.399 e. The van der Waals surface area contributed by atoms with Crippen molar-refractivity contribution in [1.82, 2.24) is 4.90 Å². The molecule has 1 rings (SSSR count). The van der Waals surface area contributed by atoms with Crippen LogP contribution < -0.4 is 5.73 Å². The molecule has 2 N–H and O–H groups in total. The Balaban J connectivity index is 2.72. The molecule has 1 amide bonds. The minimum absolute atomic E-state index is 0.126. The van der Waals surface area contributed by atoms with Crippen LogP contribution >= 0.6 is 11.6 Å². The molecule has 0 saturated carbocycles. The summed E-state index contributed by atoms with van der Waals surface area (Å²) in [5, 5.41) is 0.644. The van der Waals surface area contributed by atoms with E-state index in [1.165, 1.54) is 0 Å². The standard InChI is InChI=1S/C12H17ClN2O/c1-3-4-12(16)15(2)8-9-7-10(14)5-6-11(9)13/h5-7H,3-4,8,14H2,1-2H3. The summed E-state index contributed by atoms with van der Waals surface area (Å²) in [4.78, 5) is 13.3. The second-order valence-electron chi connectivity index (χ2n) is 3.85. The summed E-state index contributed by atoms with van der Waals surface area (Å²) in [7, 11) is 1.78. The normalized spacial score (nSPS) is 10.2. The van der Waals surface area contributed by atoms with Crippen LogP contribution in [0.25, 0.3) is 0 Å². The molecule has 0 heterocycles. The number of carbonyl (C=O) groups is 1. The van der Waals surface area contributed by atoms with Gasteiger partial charge in [-0.25, -0.2) is 0 Å². The number of anilines is 1. The van der Waals surface area contributed by atoms with Gasteiger partial charge in [0.05, 0.1) is 0 Å². The lowest BCUT2D eigenvalue weighted by Gasteiger charge is -2.18. The Morgan fingerprint density at radius 1 is 1.50 bits per heavy atom. The summed E-state index contributed by atoms with van der Waals surface area (Å²) in [5.41, 5.74) is 7.22. The van der Waals surface area contributed by atoms with Crippen molar-refractivity contribution in [1.29, 1.82) is 0 Å². The number of nitrogens with zero attached hydrogens (tertiary/aromatic N) is 1. The third-order valence-corrected chi connectivity index (χ3v) is 2.74. The zero-order valence-corrected chi connectivity index (χ0v) is 10.4. The first-order chi connectivity index (χ1) is 7.54. The highest BCUT2D eigenvalue weighted by atomic mass is 35.5. The van der Waals surface area contributed by atoms with Crippen LogP contribution in [-0.4, -0.2) is 17.9 Å². The molecule has 0 unspecified atom stereocenters. The van der Waals surface area contributed by atoms with Gasteiger partial charge in [0, 0.05) is 30.7 Å². The Morgan fingerprint density at radius 3 is 2.81 bits per heavy atom. The first kappa shape index (κ1) is 12.8. The summed E-state index contributed by atoms with van der Waals surface area (Å²) in [6, 6.07) is 5.31. The molecule has 0 aliphatic heterocycles. The molecule has 88 valence electrons. The van der Waals surface area contributed by atoms with E-state index in [4.69, 9.17) is 17.3 Å². The Morgan fingerprint density at radius 2 is 2.19 bits per heavy atom. The number of carbonyl (C=O) groups excluding carboxylic acids is 1. The lowest BCUT2D eigenvalue weighted by Crippen LogP contribution is -2.25. The fourth-order valence-electron chi connectivity index (χ4n) is 1.46. The van der Waals surface area contributed by atoms with Gasteiger partial charge in [-0.1, -0.05) is 18.5 Å². The van der Waals surface area contributed by atoms with Crippen LogP contribution in [0.5, 0.6) is 0 Å². The number of nitrogens with two attached hydrogens (primary N) is 1. The number of hydrogen-bond acceptors (Lipinski definition) is 2. The van der Waals surface area contributed by atoms with Crippen LogP contribution in [-0.2, 0) is 11.3 Å². The van der Waals surface area contributed by atoms with Crippen LogP contribution in [0, 0.1) is 0 Å². The Bertz CT molecular complexity index is 379. The van der Waals surface area contributed by atoms with E-state index in [0.717, 1.165) is 12.0 Å². The van der Waals surface area contributed by atoms with Gasteiger partial charge in [-0.2, -0.15) is 0 Å². The van der Waals surface area contributed by atoms with E-state index in [1.54, 1.807) is 30.1 Å². The van der Waals surface area contributed by atoms with Crippen LogP contribution in [0.1, 0.15) is 25.3 Å². The maximum Gasteiger partial charge on any atom is 0.222 e. The van der Waals surface area contributed by atoms with Crippen molar-refractivity contribution in [3.05, 3.63) is 28.8 Å². The molecule has 0 bridgehead atoms. The molecule has 0 radical (unpaired) electrons. The monoisotopic (exact) mass is 240 g/mol. The predicted molar refractivity (Wildman–Crippen MR) is 67.2 cm³/mol. The zero-order valence-electron chi connectivity index (χ0n) is 9.66. The van der Waals surface area contributed by atoms with E-state index in [1.807, 2.05) is 6.92 Å². The molecule has 0 saturated heterocycles. The Labute approximate surface area is 101 Å². The Hall–Kier alpha value is -1.22.